The van der Waals surface area contributed by atoms with Crippen LogP contribution in [0.1, 0.15) is 98.8 Å². The Morgan fingerprint density at radius 3 is 2.33 bits per heavy atom. The van der Waals surface area contributed by atoms with E-state index >= 15 is 0 Å². The highest BCUT2D eigenvalue weighted by Crippen LogP contribution is 2.67. The molecule has 0 aromatic carbocycles. The van der Waals surface area contributed by atoms with Gasteiger partial charge in [0.2, 0.25) is 0 Å². The van der Waals surface area contributed by atoms with Gasteiger partial charge in [0, 0.05) is 5.92 Å². The van der Waals surface area contributed by atoms with Crippen molar-refractivity contribution >= 4 is 21.4 Å². The number of rotatable bonds is 12. The van der Waals surface area contributed by atoms with Crippen LogP contribution in [0.25, 0.3) is 0 Å². The molecule has 5 rings (SSSR count). The highest BCUT2D eigenvalue weighted by atomic mass is 31.2. The molecule has 1 saturated heterocycles. The van der Waals surface area contributed by atoms with Gasteiger partial charge in [0.15, 0.2) is 5.78 Å². The van der Waals surface area contributed by atoms with Crippen LogP contribution in [0.5, 0.6) is 0 Å². The number of carbonyl (C=O) groups is 1. The number of fused-ring (bicyclic) bond motifs is 5. The molecule has 276 valence electrons. The second-order valence-electron chi connectivity index (χ2n) is 16.2. The number of ketones is 1. The van der Waals surface area contributed by atoms with Gasteiger partial charge in [0.1, 0.15) is 30.6 Å². The van der Waals surface area contributed by atoms with E-state index in [1.54, 1.807) is 6.08 Å². The Morgan fingerprint density at radius 1 is 0.958 bits per heavy atom. The minimum Gasteiger partial charge on any atom is -0.387 e. The molecule has 4 fully saturated rings. The number of phosphoric ester groups is 1. The monoisotopic (exact) mass is 721 g/mol. The first-order chi connectivity index (χ1) is 22.3. The fourth-order valence-corrected chi connectivity index (χ4v) is 11.8. The van der Waals surface area contributed by atoms with Crippen molar-refractivity contribution in [3.8, 4) is 0 Å². The minimum atomic E-state index is -4.95. The van der Waals surface area contributed by atoms with Crippen molar-refractivity contribution in [3.05, 3.63) is 11.6 Å². The Labute approximate surface area is 284 Å². The molecule has 1 unspecified atom stereocenters. The average Bonchev–Trinajstić information content (AvgIpc) is 3.34. The molecule has 0 radical (unpaired) electrons. The zero-order valence-electron chi connectivity index (χ0n) is 28.8. The number of aliphatic hydroxyl groups is 3. The topological polar surface area (TPSA) is 212 Å². The Kier molecular flexibility index (Phi) is 11.7. The van der Waals surface area contributed by atoms with E-state index in [2.05, 4.69) is 44.2 Å². The lowest BCUT2D eigenvalue weighted by atomic mass is 9.46. The number of hydrogen-bond acceptors (Lipinski definition) is 9. The van der Waals surface area contributed by atoms with Gasteiger partial charge in [-0.15, -0.1) is 0 Å². The molecule has 14 atom stereocenters. The molecule has 15 heteroatoms. The maximum atomic E-state index is 13.9. The van der Waals surface area contributed by atoms with Gasteiger partial charge in [-0.1, -0.05) is 59.5 Å². The minimum absolute atomic E-state index is 0.0114. The zero-order valence-corrected chi connectivity index (χ0v) is 30.6. The van der Waals surface area contributed by atoms with Crippen molar-refractivity contribution in [3.63, 3.8) is 0 Å². The summed E-state index contributed by atoms with van der Waals surface area (Å²) in [6.07, 6.45) is 1.84. The predicted molar refractivity (Wildman–Crippen MR) is 176 cm³/mol. The quantitative estimate of drug-likeness (QED) is 0.141. The lowest BCUT2D eigenvalue weighted by Crippen LogP contribution is -2.62. The van der Waals surface area contributed by atoms with Gasteiger partial charge in [-0.05, 0) is 91.4 Å². The number of ether oxygens (including phenoxy) is 1. The van der Waals surface area contributed by atoms with Gasteiger partial charge in [0.25, 0.3) is 0 Å². The Hall–Kier alpha value is -0.530. The maximum Gasteiger partial charge on any atom is 0.469 e. The predicted octanol–water partition coefficient (Wildman–Crippen LogP) is 4.20. The second-order valence-corrected chi connectivity index (χ2v) is 19.0. The molecule has 1 heterocycles. The summed E-state index contributed by atoms with van der Waals surface area (Å²) in [5.41, 5.74) is 0.872. The molecular formula is C33H57NO12P2. The molecule has 7 N–H and O–H groups in total. The second kappa shape index (κ2) is 14.5. The summed E-state index contributed by atoms with van der Waals surface area (Å²) in [4.78, 5) is 42.7. The highest BCUT2D eigenvalue weighted by molar-refractivity contribution is 7.50. The molecule has 0 spiro atoms. The van der Waals surface area contributed by atoms with Crippen LogP contribution < -0.4 is 5.09 Å². The molecule has 1 aliphatic heterocycles. The van der Waals surface area contributed by atoms with E-state index in [4.69, 9.17) is 19.0 Å². The normalized spacial score (nSPS) is 43.6. The number of aliphatic hydroxyl groups excluding tert-OH is 3. The van der Waals surface area contributed by atoms with Crippen molar-refractivity contribution in [2.45, 2.75) is 136 Å². The fraction of sp³-hybridized carbons (Fsp3) is 0.909. The Balaban J connectivity index is 1.23. The Bertz CT molecular complexity index is 1310. The van der Waals surface area contributed by atoms with Crippen molar-refractivity contribution in [1.29, 1.82) is 0 Å². The van der Waals surface area contributed by atoms with Crippen LogP contribution in [0, 0.1) is 46.3 Å². The van der Waals surface area contributed by atoms with E-state index in [1.807, 2.05) is 0 Å². The summed E-state index contributed by atoms with van der Waals surface area (Å²) in [5, 5.41) is 33.0. The molecule has 4 aliphatic carbocycles. The van der Waals surface area contributed by atoms with Gasteiger partial charge in [-0.2, -0.15) is 5.09 Å². The van der Waals surface area contributed by atoms with Crippen molar-refractivity contribution in [2.24, 2.45) is 46.3 Å². The molecule has 0 amide bonds. The molecule has 48 heavy (non-hydrogen) atoms. The Morgan fingerprint density at radius 2 is 1.67 bits per heavy atom. The molecule has 13 nitrogen and oxygen atoms in total. The number of phosphoric acid groups is 1. The van der Waals surface area contributed by atoms with Crippen LogP contribution in [0.4, 0.5) is 0 Å². The van der Waals surface area contributed by atoms with Crippen LogP contribution >= 0.6 is 15.6 Å². The number of allylic oxidation sites excluding steroid dienone is 1. The summed E-state index contributed by atoms with van der Waals surface area (Å²) in [6.45, 7) is 10.8. The van der Waals surface area contributed by atoms with Gasteiger partial charge < -0.3 is 34.7 Å². The third-order valence-corrected chi connectivity index (χ3v) is 14.5. The van der Waals surface area contributed by atoms with E-state index in [0.29, 0.717) is 42.9 Å². The van der Waals surface area contributed by atoms with Crippen molar-refractivity contribution < 1.29 is 57.7 Å². The lowest BCUT2D eigenvalue weighted by molar-refractivity contribution is -0.231. The van der Waals surface area contributed by atoms with Gasteiger partial charge >= 0.3 is 15.6 Å². The number of hydrogen-bond donors (Lipinski definition) is 7. The smallest absolute Gasteiger partial charge is 0.387 e. The molecule has 5 aliphatic rings. The number of carbonyl (C=O) groups excluding carboxylic acids is 1. The van der Waals surface area contributed by atoms with E-state index < -0.39 is 58.9 Å². The van der Waals surface area contributed by atoms with Gasteiger partial charge in [-0.25, -0.2) is 9.13 Å². The summed E-state index contributed by atoms with van der Waals surface area (Å²) >= 11 is 0. The van der Waals surface area contributed by atoms with Gasteiger partial charge in [0.05, 0.1) is 12.7 Å². The van der Waals surface area contributed by atoms with Crippen LogP contribution in [0.3, 0.4) is 0 Å². The van der Waals surface area contributed by atoms with E-state index in [-0.39, 0.29) is 28.4 Å². The SMILES string of the molecule is CC(C)CCC[C@@H](C)[C@H]1CC[C@H]2[C@@H]3C(=O)C=C4C[C@@H](OP(=O)(O)N[C@H]5O[C@H](COP(=O)(O)O)[C@H](O)[C@H](O)[C@H]5O)CC[C@]4(C)[C@H]3CC[C@]12C. The maximum absolute atomic E-state index is 13.9. The van der Waals surface area contributed by atoms with Crippen molar-refractivity contribution in [2.75, 3.05) is 6.61 Å². The van der Waals surface area contributed by atoms with Crippen LogP contribution in [-0.2, 0) is 27.7 Å². The first-order valence-corrected chi connectivity index (χ1v) is 20.8. The first kappa shape index (κ1) is 38.7. The third kappa shape index (κ3) is 7.93. The summed E-state index contributed by atoms with van der Waals surface area (Å²) in [6, 6.07) is 0. The number of nitrogens with one attached hydrogen (secondary N) is 1. The zero-order chi connectivity index (χ0) is 35.4. The molecular weight excluding hydrogens is 664 g/mol. The van der Waals surface area contributed by atoms with Crippen LogP contribution in [0.15, 0.2) is 11.6 Å². The van der Waals surface area contributed by atoms with E-state index in [9.17, 15) is 34.1 Å². The summed E-state index contributed by atoms with van der Waals surface area (Å²) in [7, 11) is -9.64. The first-order valence-electron chi connectivity index (χ1n) is 17.7. The van der Waals surface area contributed by atoms with E-state index in [0.717, 1.165) is 24.8 Å². The van der Waals surface area contributed by atoms with Crippen LogP contribution in [-0.4, -0.2) is 79.1 Å². The van der Waals surface area contributed by atoms with E-state index in [1.165, 1.54) is 25.7 Å². The average molecular weight is 722 g/mol. The molecule has 3 saturated carbocycles. The highest BCUT2D eigenvalue weighted by Gasteiger charge is 2.61. The molecule has 0 bridgehead atoms. The fourth-order valence-electron chi connectivity index (χ4n) is 10.2. The largest absolute Gasteiger partial charge is 0.469 e. The standard InChI is InChI=1S/C33H57NO12P2/c1-18(2)7-6-8-19(3)22-9-10-23-27-24(12-14-33(22,23)5)32(4)13-11-21(15-20(32)16-25(27)35)46-47(39,40)34-31-30(38)29(37)28(36)26(45-31)17-44-48(41,42)43/h16,18-19,21-24,26-31,36-38H,6-15,17H2,1-5H3,(H2,34,39,40)(H2,41,42,43)/t19-,21+,22-,23+,24+,26-,27+,28+,29+,30-,31+,32+,33-/m1/s1. The molecule has 0 aromatic rings. The third-order valence-electron chi connectivity index (χ3n) is 12.8. The summed E-state index contributed by atoms with van der Waals surface area (Å²) in [5.74, 6) is 2.70. The van der Waals surface area contributed by atoms with Crippen molar-refractivity contribution in [1.82, 2.24) is 5.09 Å². The van der Waals surface area contributed by atoms with Gasteiger partial charge in [-0.3, -0.25) is 13.8 Å². The summed E-state index contributed by atoms with van der Waals surface area (Å²) < 4.78 is 39.7. The van der Waals surface area contributed by atoms with Crippen LogP contribution in [0.2, 0.25) is 0 Å². The lowest BCUT2D eigenvalue weighted by Gasteiger charge is -2.57. The molecule has 0 aromatic heterocycles.